The van der Waals surface area contributed by atoms with Gasteiger partial charge < -0.3 is 14.8 Å². The summed E-state index contributed by atoms with van der Waals surface area (Å²) in [4.78, 5) is 49.9. The summed E-state index contributed by atoms with van der Waals surface area (Å²) in [5.74, 6) is 1.25. The lowest BCUT2D eigenvalue weighted by atomic mass is 9.76. The van der Waals surface area contributed by atoms with Crippen molar-refractivity contribution in [2.45, 2.75) is 82.6 Å². The Labute approximate surface area is 177 Å². The normalized spacial score (nSPS) is 25.8. The molecular formula is C23H32N4O3. The van der Waals surface area contributed by atoms with Gasteiger partial charge in [0, 0.05) is 48.5 Å². The van der Waals surface area contributed by atoms with Gasteiger partial charge in [0.25, 0.3) is 5.56 Å². The first-order valence-electron chi connectivity index (χ1n) is 11.4. The zero-order valence-corrected chi connectivity index (χ0v) is 18.3. The Morgan fingerprint density at radius 1 is 1.13 bits per heavy atom. The van der Waals surface area contributed by atoms with E-state index in [-0.39, 0.29) is 34.2 Å². The SMILES string of the molecule is CC(C)(C)N1CC(C(=O)N2CCC3(CCc4c3nc(C3CC3)[nH]c4=O)CC2)CC1=O. The van der Waals surface area contributed by atoms with E-state index in [0.717, 1.165) is 55.6 Å². The van der Waals surface area contributed by atoms with Crippen LogP contribution >= 0.6 is 0 Å². The largest absolute Gasteiger partial charge is 0.342 e. The first kappa shape index (κ1) is 19.8. The molecule has 1 aromatic rings. The summed E-state index contributed by atoms with van der Waals surface area (Å²) >= 11 is 0. The second-order valence-corrected chi connectivity index (χ2v) is 10.7. The maximum absolute atomic E-state index is 13.1. The fraction of sp³-hybridized carbons (Fsp3) is 0.739. The minimum absolute atomic E-state index is 0.0454. The number of amides is 2. The van der Waals surface area contributed by atoms with Gasteiger partial charge in [0.05, 0.1) is 11.6 Å². The van der Waals surface area contributed by atoms with Gasteiger partial charge in [0.2, 0.25) is 11.8 Å². The number of fused-ring (bicyclic) bond motifs is 2. The number of carbonyl (C=O) groups excluding carboxylic acids is 2. The minimum atomic E-state index is -0.246. The molecule has 1 atom stereocenters. The zero-order valence-electron chi connectivity index (χ0n) is 18.3. The van der Waals surface area contributed by atoms with Crippen molar-refractivity contribution >= 4 is 11.8 Å². The Morgan fingerprint density at radius 3 is 2.43 bits per heavy atom. The number of aromatic amines is 1. The Kier molecular flexibility index (Phi) is 4.39. The smallest absolute Gasteiger partial charge is 0.254 e. The highest BCUT2D eigenvalue weighted by atomic mass is 16.2. The van der Waals surface area contributed by atoms with Gasteiger partial charge >= 0.3 is 0 Å². The first-order valence-corrected chi connectivity index (χ1v) is 11.4. The molecule has 2 aliphatic heterocycles. The quantitative estimate of drug-likeness (QED) is 0.806. The fourth-order valence-electron chi connectivity index (χ4n) is 5.64. The summed E-state index contributed by atoms with van der Waals surface area (Å²) < 4.78 is 0. The number of carbonyl (C=O) groups is 2. The average Bonchev–Trinajstić information content (AvgIpc) is 3.38. The molecule has 0 aromatic carbocycles. The molecule has 3 heterocycles. The Bertz CT molecular complexity index is 948. The van der Waals surface area contributed by atoms with Crippen LogP contribution in [-0.4, -0.2) is 56.8 Å². The topological polar surface area (TPSA) is 86.4 Å². The predicted octanol–water partition coefficient (Wildman–Crippen LogP) is 2.10. The van der Waals surface area contributed by atoms with Crippen LogP contribution in [0.5, 0.6) is 0 Å². The summed E-state index contributed by atoms with van der Waals surface area (Å²) in [7, 11) is 0. The number of rotatable bonds is 2. The molecule has 2 amide bonds. The number of aromatic nitrogens is 2. The van der Waals surface area contributed by atoms with Gasteiger partial charge in [0.15, 0.2) is 0 Å². The van der Waals surface area contributed by atoms with Crippen LogP contribution in [0.15, 0.2) is 4.79 Å². The van der Waals surface area contributed by atoms with E-state index in [1.54, 1.807) is 0 Å². The summed E-state index contributed by atoms with van der Waals surface area (Å²) in [6.07, 6.45) is 6.00. The van der Waals surface area contributed by atoms with Gasteiger partial charge in [-0.25, -0.2) is 4.98 Å². The molecule has 1 unspecified atom stereocenters. The Balaban J connectivity index is 1.30. The van der Waals surface area contributed by atoms with E-state index in [0.29, 0.717) is 32.0 Å². The molecule has 7 heteroatoms. The number of hydrogen-bond acceptors (Lipinski definition) is 4. The van der Waals surface area contributed by atoms with Crippen LogP contribution in [0.2, 0.25) is 0 Å². The lowest BCUT2D eigenvalue weighted by molar-refractivity contribution is -0.137. The molecule has 4 aliphatic rings. The lowest BCUT2D eigenvalue weighted by Gasteiger charge is -2.40. The number of H-pyrrole nitrogens is 1. The van der Waals surface area contributed by atoms with Crippen molar-refractivity contribution in [3.05, 3.63) is 27.4 Å². The molecule has 2 aliphatic carbocycles. The number of likely N-dealkylation sites (tertiary alicyclic amines) is 2. The molecule has 1 spiro atoms. The fourth-order valence-corrected chi connectivity index (χ4v) is 5.64. The maximum atomic E-state index is 13.1. The zero-order chi connectivity index (χ0) is 21.3. The number of hydrogen-bond donors (Lipinski definition) is 1. The molecule has 0 bridgehead atoms. The summed E-state index contributed by atoms with van der Waals surface area (Å²) in [5.41, 5.74) is 1.61. The third-order valence-electron chi connectivity index (χ3n) is 7.67. The van der Waals surface area contributed by atoms with E-state index in [9.17, 15) is 14.4 Å². The van der Waals surface area contributed by atoms with Crippen LogP contribution in [0.25, 0.3) is 0 Å². The van der Waals surface area contributed by atoms with Gasteiger partial charge in [0.1, 0.15) is 5.82 Å². The number of nitrogens with one attached hydrogen (secondary N) is 1. The van der Waals surface area contributed by atoms with Crippen molar-refractivity contribution in [2.75, 3.05) is 19.6 Å². The molecule has 1 aromatic heterocycles. The van der Waals surface area contributed by atoms with Gasteiger partial charge in [-0.1, -0.05) is 0 Å². The standard InChI is InChI=1S/C23H32N4O3/c1-22(2,3)27-13-15(12-17(27)28)21(30)26-10-8-23(9-11-26)7-6-16-18(23)24-19(14-4-5-14)25-20(16)29/h14-15H,4-13H2,1-3H3,(H,24,25,29). The van der Waals surface area contributed by atoms with Crippen LogP contribution in [0.1, 0.15) is 82.3 Å². The van der Waals surface area contributed by atoms with E-state index in [4.69, 9.17) is 4.98 Å². The Morgan fingerprint density at radius 2 is 1.83 bits per heavy atom. The molecule has 1 N–H and O–H groups in total. The van der Waals surface area contributed by atoms with E-state index >= 15 is 0 Å². The summed E-state index contributed by atoms with van der Waals surface area (Å²) in [6, 6.07) is 0. The van der Waals surface area contributed by atoms with Crippen molar-refractivity contribution < 1.29 is 9.59 Å². The van der Waals surface area contributed by atoms with Crippen molar-refractivity contribution in [3.63, 3.8) is 0 Å². The predicted molar refractivity (Wildman–Crippen MR) is 112 cm³/mol. The molecule has 0 radical (unpaired) electrons. The van der Waals surface area contributed by atoms with E-state index in [1.165, 1.54) is 0 Å². The number of piperidine rings is 1. The second-order valence-electron chi connectivity index (χ2n) is 10.7. The van der Waals surface area contributed by atoms with Crippen LogP contribution in [0, 0.1) is 5.92 Å². The van der Waals surface area contributed by atoms with Crippen molar-refractivity contribution in [1.29, 1.82) is 0 Å². The molecule has 162 valence electrons. The van der Waals surface area contributed by atoms with Gasteiger partial charge in [-0.3, -0.25) is 14.4 Å². The van der Waals surface area contributed by atoms with E-state index < -0.39 is 0 Å². The minimum Gasteiger partial charge on any atom is -0.342 e. The van der Waals surface area contributed by atoms with Crippen molar-refractivity contribution in [3.8, 4) is 0 Å². The molecule has 30 heavy (non-hydrogen) atoms. The molecule has 5 rings (SSSR count). The lowest BCUT2D eigenvalue weighted by Crippen LogP contribution is -2.48. The second kappa shape index (κ2) is 6.66. The van der Waals surface area contributed by atoms with E-state index in [2.05, 4.69) is 4.98 Å². The monoisotopic (exact) mass is 412 g/mol. The third kappa shape index (κ3) is 3.17. The third-order valence-corrected chi connectivity index (χ3v) is 7.67. The molecule has 3 fully saturated rings. The van der Waals surface area contributed by atoms with Gasteiger partial charge in [-0.15, -0.1) is 0 Å². The van der Waals surface area contributed by atoms with E-state index in [1.807, 2.05) is 30.6 Å². The van der Waals surface area contributed by atoms with Crippen molar-refractivity contribution in [1.82, 2.24) is 19.8 Å². The van der Waals surface area contributed by atoms with Crippen LogP contribution in [-0.2, 0) is 21.4 Å². The summed E-state index contributed by atoms with van der Waals surface area (Å²) in [6.45, 7) is 7.95. The first-order chi connectivity index (χ1) is 14.2. The molecule has 1 saturated carbocycles. The van der Waals surface area contributed by atoms with Gasteiger partial charge in [-0.05, 0) is 59.3 Å². The average molecular weight is 413 g/mol. The van der Waals surface area contributed by atoms with Crippen LogP contribution < -0.4 is 5.56 Å². The summed E-state index contributed by atoms with van der Waals surface area (Å²) in [5, 5.41) is 0. The molecule has 7 nitrogen and oxygen atoms in total. The highest BCUT2D eigenvalue weighted by Gasteiger charge is 2.47. The van der Waals surface area contributed by atoms with Crippen LogP contribution in [0.3, 0.4) is 0 Å². The van der Waals surface area contributed by atoms with Crippen LogP contribution in [0.4, 0.5) is 0 Å². The maximum Gasteiger partial charge on any atom is 0.254 e. The molecule has 2 saturated heterocycles. The Hall–Kier alpha value is -2.18. The van der Waals surface area contributed by atoms with Crippen molar-refractivity contribution in [2.24, 2.45) is 5.92 Å². The number of nitrogens with zero attached hydrogens (tertiary/aromatic N) is 3. The molecular weight excluding hydrogens is 380 g/mol. The van der Waals surface area contributed by atoms with Gasteiger partial charge in [-0.2, -0.15) is 0 Å². The highest BCUT2D eigenvalue weighted by Crippen LogP contribution is 2.46. The highest BCUT2D eigenvalue weighted by molar-refractivity contribution is 5.89.